The molecule has 2 aromatic carbocycles. The third kappa shape index (κ3) is 4.99. The summed E-state index contributed by atoms with van der Waals surface area (Å²) in [4.78, 5) is 12.3. The van der Waals surface area contributed by atoms with Gasteiger partial charge in [-0.05, 0) is 36.6 Å². The lowest BCUT2D eigenvalue weighted by Gasteiger charge is -2.23. The number of ether oxygens (including phenoxy) is 2. The zero-order chi connectivity index (χ0) is 19.2. The molecular weight excluding hydrogens is 344 g/mol. The normalized spacial score (nSPS) is 22.9. The summed E-state index contributed by atoms with van der Waals surface area (Å²) in [6.45, 7) is 2.29. The van der Waals surface area contributed by atoms with Gasteiger partial charge in [0.05, 0.1) is 19.2 Å². The number of nitrogens with one attached hydrogen (secondary N) is 2. The van der Waals surface area contributed by atoms with Crippen LogP contribution in [0.5, 0.6) is 5.75 Å². The number of alkyl carbamates (subject to hydrolysis) is 1. The Kier molecular flexibility index (Phi) is 6.32. The van der Waals surface area contributed by atoms with Crippen LogP contribution in [0, 0.1) is 0 Å². The number of methoxy groups -OCH3 is 1. The van der Waals surface area contributed by atoms with Gasteiger partial charge in [-0.25, -0.2) is 4.79 Å². The van der Waals surface area contributed by atoms with E-state index in [0.29, 0.717) is 13.0 Å². The Labute approximate surface area is 159 Å². The molecule has 1 aliphatic rings. The van der Waals surface area contributed by atoms with E-state index in [1.54, 1.807) is 7.11 Å². The summed E-state index contributed by atoms with van der Waals surface area (Å²) in [7, 11) is 1.63. The molecule has 0 bridgehead atoms. The highest BCUT2D eigenvalue weighted by atomic mass is 16.6. The predicted octanol–water partition coefficient (Wildman–Crippen LogP) is 2.43. The van der Waals surface area contributed by atoms with Crippen molar-refractivity contribution in [2.45, 2.75) is 37.6 Å². The first-order chi connectivity index (χ1) is 13.1. The average Bonchev–Trinajstić information content (AvgIpc) is 3.02. The molecule has 27 heavy (non-hydrogen) atoms. The number of rotatable bonds is 6. The molecule has 2 aromatic rings. The summed E-state index contributed by atoms with van der Waals surface area (Å²) in [5.41, 5.74) is 2.07. The largest absolute Gasteiger partial charge is 0.497 e. The molecule has 6 heteroatoms. The Hall–Kier alpha value is -2.57. The van der Waals surface area contributed by atoms with Crippen LogP contribution in [0.15, 0.2) is 54.6 Å². The van der Waals surface area contributed by atoms with Crippen LogP contribution in [0.4, 0.5) is 4.79 Å². The van der Waals surface area contributed by atoms with Crippen molar-refractivity contribution in [1.82, 2.24) is 10.6 Å². The number of hydrogen-bond donors (Lipinski definition) is 3. The Morgan fingerprint density at radius 3 is 2.59 bits per heavy atom. The van der Waals surface area contributed by atoms with E-state index in [4.69, 9.17) is 9.47 Å². The van der Waals surface area contributed by atoms with Crippen molar-refractivity contribution in [2.75, 3.05) is 13.7 Å². The van der Waals surface area contributed by atoms with Gasteiger partial charge in [-0.2, -0.15) is 0 Å². The summed E-state index contributed by atoms with van der Waals surface area (Å²) in [5, 5.41) is 16.3. The van der Waals surface area contributed by atoms with Crippen LogP contribution in [-0.2, 0) is 11.2 Å². The van der Waals surface area contributed by atoms with Crippen LogP contribution in [0.1, 0.15) is 24.1 Å². The molecular formula is C21H26N2O4. The molecule has 0 saturated carbocycles. The second-order valence-electron chi connectivity index (χ2n) is 6.78. The Bertz CT molecular complexity index is 736. The van der Waals surface area contributed by atoms with Crippen molar-refractivity contribution in [3.05, 3.63) is 65.7 Å². The van der Waals surface area contributed by atoms with E-state index >= 15 is 0 Å². The summed E-state index contributed by atoms with van der Waals surface area (Å²) in [6, 6.07) is 17.1. The SMILES string of the molecule is COc1ccc(C[C@H]2NCC(O)[C@H]2OC(=O)N[C@@H](C)c2ccccc2)cc1. The van der Waals surface area contributed by atoms with Gasteiger partial charge in [0, 0.05) is 6.54 Å². The summed E-state index contributed by atoms with van der Waals surface area (Å²) >= 11 is 0. The smallest absolute Gasteiger partial charge is 0.408 e. The molecule has 0 aromatic heterocycles. The monoisotopic (exact) mass is 370 g/mol. The van der Waals surface area contributed by atoms with Gasteiger partial charge in [0.25, 0.3) is 0 Å². The van der Waals surface area contributed by atoms with Gasteiger partial charge in [0.1, 0.15) is 18.0 Å². The first-order valence-corrected chi connectivity index (χ1v) is 9.13. The lowest BCUT2D eigenvalue weighted by atomic mass is 10.0. The maximum atomic E-state index is 12.3. The van der Waals surface area contributed by atoms with E-state index in [2.05, 4.69) is 10.6 Å². The topological polar surface area (TPSA) is 79.8 Å². The molecule has 1 saturated heterocycles. The van der Waals surface area contributed by atoms with Crippen molar-refractivity contribution in [3.8, 4) is 5.75 Å². The number of amides is 1. The fourth-order valence-electron chi connectivity index (χ4n) is 3.30. The molecule has 3 rings (SSSR count). The lowest BCUT2D eigenvalue weighted by molar-refractivity contribution is 0.0179. The Morgan fingerprint density at radius 1 is 1.22 bits per heavy atom. The van der Waals surface area contributed by atoms with Gasteiger partial charge >= 0.3 is 6.09 Å². The number of aliphatic hydroxyl groups excluding tert-OH is 1. The highest BCUT2D eigenvalue weighted by Crippen LogP contribution is 2.20. The Morgan fingerprint density at radius 2 is 1.93 bits per heavy atom. The average molecular weight is 370 g/mol. The molecule has 6 nitrogen and oxygen atoms in total. The van der Waals surface area contributed by atoms with E-state index in [-0.39, 0.29) is 12.1 Å². The number of β-amino-alcohol motifs (C(OH)–C–C–N with tert-alkyl or cyclic N) is 1. The second-order valence-corrected chi connectivity index (χ2v) is 6.78. The molecule has 1 amide bonds. The van der Waals surface area contributed by atoms with Crippen molar-refractivity contribution in [2.24, 2.45) is 0 Å². The standard InChI is InChI=1S/C21H26N2O4/c1-14(16-6-4-3-5-7-16)23-21(25)27-20-18(22-13-19(20)24)12-15-8-10-17(26-2)11-9-15/h3-11,14,18-20,22,24H,12-13H2,1-2H3,(H,23,25)/t14-,18+,19?,20-/m0/s1. The summed E-state index contributed by atoms with van der Waals surface area (Å²) < 4.78 is 10.7. The van der Waals surface area contributed by atoms with Crippen LogP contribution in [0.2, 0.25) is 0 Å². The number of carbonyl (C=O) groups is 1. The summed E-state index contributed by atoms with van der Waals surface area (Å²) in [6.07, 6.45) is -1.22. The van der Waals surface area contributed by atoms with Gasteiger partial charge < -0.3 is 25.2 Å². The quantitative estimate of drug-likeness (QED) is 0.728. The van der Waals surface area contributed by atoms with Crippen molar-refractivity contribution in [1.29, 1.82) is 0 Å². The molecule has 144 valence electrons. The van der Waals surface area contributed by atoms with Crippen LogP contribution < -0.4 is 15.4 Å². The molecule has 1 unspecified atom stereocenters. The van der Waals surface area contributed by atoms with Gasteiger partial charge in [0.15, 0.2) is 0 Å². The molecule has 1 fully saturated rings. The van der Waals surface area contributed by atoms with Gasteiger partial charge in [0.2, 0.25) is 0 Å². The first-order valence-electron chi connectivity index (χ1n) is 9.13. The van der Waals surface area contributed by atoms with Crippen molar-refractivity contribution in [3.63, 3.8) is 0 Å². The van der Waals surface area contributed by atoms with Gasteiger partial charge in [-0.1, -0.05) is 42.5 Å². The third-order valence-electron chi connectivity index (χ3n) is 4.86. The number of aliphatic hydroxyl groups is 1. The number of hydrogen-bond acceptors (Lipinski definition) is 5. The van der Waals surface area contributed by atoms with E-state index in [1.807, 2.05) is 61.5 Å². The van der Waals surface area contributed by atoms with Crippen molar-refractivity contribution >= 4 is 6.09 Å². The first kappa shape index (κ1) is 19.2. The summed E-state index contributed by atoms with van der Waals surface area (Å²) in [5.74, 6) is 0.792. The zero-order valence-corrected chi connectivity index (χ0v) is 15.6. The maximum absolute atomic E-state index is 12.3. The fourth-order valence-corrected chi connectivity index (χ4v) is 3.30. The van der Waals surface area contributed by atoms with Gasteiger partial charge in [-0.15, -0.1) is 0 Å². The fraction of sp³-hybridized carbons (Fsp3) is 0.381. The van der Waals surface area contributed by atoms with Crippen LogP contribution in [0.25, 0.3) is 0 Å². The second kappa shape index (κ2) is 8.88. The van der Waals surface area contributed by atoms with Crippen molar-refractivity contribution < 1.29 is 19.4 Å². The maximum Gasteiger partial charge on any atom is 0.408 e. The Balaban J connectivity index is 1.58. The van der Waals surface area contributed by atoms with E-state index < -0.39 is 18.3 Å². The highest BCUT2D eigenvalue weighted by molar-refractivity contribution is 5.68. The minimum absolute atomic E-state index is 0.147. The molecule has 0 aliphatic carbocycles. The molecule has 4 atom stereocenters. The number of benzene rings is 2. The molecule has 1 heterocycles. The van der Waals surface area contributed by atoms with E-state index in [0.717, 1.165) is 16.9 Å². The van der Waals surface area contributed by atoms with Gasteiger partial charge in [-0.3, -0.25) is 0 Å². The molecule has 0 spiro atoms. The predicted molar refractivity (Wildman–Crippen MR) is 103 cm³/mol. The number of carbonyl (C=O) groups excluding carboxylic acids is 1. The van der Waals surface area contributed by atoms with Crippen LogP contribution in [-0.4, -0.2) is 43.1 Å². The zero-order valence-electron chi connectivity index (χ0n) is 15.6. The van der Waals surface area contributed by atoms with Crippen LogP contribution in [0.3, 0.4) is 0 Å². The van der Waals surface area contributed by atoms with E-state index in [1.165, 1.54) is 0 Å². The molecule has 0 radical (unpaired) electrons. The lowest BCUT2D eigenvalue weighted by Crippen LogP contribution is -2.42. The molecule has 1 aliphatic heterocycles. The third-order valence-corrected chi connectivity index (χ3v) is 4.86. The molecule has 3 N–H and O–H groups in total. The van der Waals surface area contributed by atoms with E-state index in [9.17, 15) is 9.90 Å². The van der Waals surface area contributed by atoms with Crippen LogP contribution >= 0.6 is 0 Å². The minimum atomic E-state index is -0.731. The highest BCUT2D eigenvalue weighted by Gasteiger charge is 2.38. The minimum Gasteiger partial charge on any atom is -0.497 e.